The van der Waals surface area contributed by atoms with Crippen molar-refractivity contribution in [3.63, 3.8) is 0 Å². The second-order valence-corrected chi connectivity index (χ2v) is 13.9. The molecule has 0 radical (unpaired) electrons. The lowest BCUT2D eigenvalue weighted by Crippen LogP contribution is -2.55. The molecule has 0 bridgehead atoms. The minimum absolute atomic E-state index is 0.0390. The molecule has 1 unspecified atom stereocenters. The first-order valence-electron chi connectivity index (χ1n) is 14.9. The van der Waals surface area contributed by atoms with Crippen molar-refractivity contribution in [1.82, 2.24) is 9.21 Å². The molecular weight excluding hydrogens is 564 g/mol. The summed E-state index contributed by atoms with van der Waals surface area (Å²) in [6, 6.07) is 21.7. The number of fused-ring (bicyclic) bond motifs is 1. The third-order valence-corrected chi connectivity index (χ3v) is 10.3. The zero-order valence-corrected chi connectivity index (χ0v) is 26.2. The average molecular weight is 607 g/mol. The van der Waals surface area contributed by atoms with E-state index in [9.17, 15) is 13.5 Å². The van der Waals surface area contributed by atoms with Gasteiger partial charge in [-0.2, -0.15) is 4.31 Å². The van der Waals surface area contributed by atoms with E-state index in [1.807, 2.05) is 69.3 Å². The van der Waals surface area contributed by atoms with Crippen LogP contribution in [0.1, 0.15) is 57.3 Å². The standard InChI is InChI=1S/C34H42N2O6S/c1-34(2,3)36(43(38,39)29-9-6-5-7-10-29)26-17-20-35(21-18-26)19-8-22-41-28-15-16-30-32(23-28)42-24-31(33(30)37)25-11-13-27(40-4)14-12-25/h5-7,9-16,23-24,26,33,37H,8,17-22H2,1-4H3. The fraction of sp³-hybridized carbons (Fsp3) is 0.412. The van der Waals surface area contributed by atoms with E-state index in [2.05, 4.69) is 4.90 Å². The van der Waals surface area contributed by atoms with Gasteiger partial charge in [-0.1, -0.05) is 30.3 Å². The van der Waals surface area contributed by atoms with Gasteiger partial charge in [0.1, 0.15) is 23.4 Å². The molecule has 43 heavy (non-hydrogen) atoms. The summed E-state index contributed by atoms with van der Waals surface area (Å²) in [5, 5.41) is 11.0. The summed E-state index contributed by atoms with van der Waals surface area (Å²) >= 11 is 0. The summed E-state index contributed by atoms with van der Waals surface area (Å²) in [5.41, 5.74) is 1.74. The van der Waals surface area contributed by atoms with Gasteiger partial charge >= 0.3 is 0 Å². The van der Waals surface area contributed by atoms with E-state index >= 15 is 0 Å². The van der Waals surface area contributed by atoms with E-state index in [0.29, 0.717) is 34.1 Å². The smallest absolute Gasteiger partial charge is 0.243 e. The number of aliphatic hydroxyl groups is 1. The van der Waals surface area contributed by atoms with Crippen molar-refractivity contribution in [2.75, 3.05) is 33.4 Å². The number of nitrogens with zero attached hydrogens (tertiary/aromatic N) is 2. The topological polar surface area (TPSA) is 88.5 Å². The fourth-order valence-electron chi connectivity index (χ4n) is 5.97. The maximum absolute atomic E-state index is 13.6. The lowest BCUT2D eigenvalue weighted by Gasteiger charge is -2.44. The molecule has 0 aliphatic carbocycles. The van der Waals surface area contributed by atoms with Crippen molar-refractivity contribution in [2.24, 2.45) is 0 Å². The van der Waals surface area contributed by atoms with Crippen molar-refractivity contribution < 1.29 is 27.7 Å². The predicted octanol–water partition coefficient (Wildman–Crippen LogP) is 5.88. The van der Waals surface area contributed by atoms with Gasteiger partial charge in [0.25, 0.3) is 0 Å². The van der Waals surface area contributed by atoms with E-state index in [0.717, 1.165) is 50.2 Å². The third-order valence-electron chi connectivity index (χ3n) is 8.05. The van der Waals surface area contributed by atoms with E-state index in [4.69, 9.17) is 14.2 Å². The molecule has 0 aromatic heterocycles. The molecule has 1 N–H and O–H groups in total. The minimum Gasteiger partial charge on any atom is -0.497 e. The summed E-state index contributed by atoms with van der Waals surface area (Å²) < 4.78 is 46.0. The van der Waals surface area contributed by atoms with Crippen molar-refractivity contribution in [3.05, 3.63) is 90.2 Å². The van der Waals surface area contributed by atoms with Crippen LogP contribution in [0.15, 0.2) is 84.0 Å². The summed E-state index contributed by atoms with van der Waals surface area (Å²) in [7, 11) is -1.98. The van der Waals surface area contributed by atoms with Crippen LogP contribution in [0.3, 0.4) is 0 Å². The van der Waals surface area contributed by atoms with Crippen LogP contribution in [-0.4, -0.2) is 67.7 Å². The van der Waals surface area contributed by atoms with Crippen LogP contribution in [0.2, 0.25) is 0 Å². The summed E-state index contributed by atoms with van der Waals surface area (Å²) in [5.74, 6) is 2.03. The second kappa shape index (κ2) is 13.1. The number of rotatable bonds is 10. The average Bonchev–Trinajstić information content (AvgIpc) is 3.00. The minimum atomic E-state index is -3.60. The Bertz CT molecular complexity index is 1510. The molecule has 0 saturated carbocycles. The van der Waals surface area contributed by atoms with Crippen LogP contribution >= 0.6 is 0 Å². The Balaban J connectivity index is 1.11. The van der Waals surface area contributed by atoms with E-state index in [-0.39, 0.29) is 6.04 Å². The first-order valence-corrected chi connectivity index (χ1v) is 16.3. The van der Waals surface area contributed by atoms with Crippen molar-refractivity contribution in [1.29, 1.82) is 0 Å². The number of hydrogen-bond acceptors (Lipinski definition) is 7. The molecular formula is C34H42N2O6S. The Kier molecular flexibility index (Phi) is 9.46. The van der Waals surface area contributed by atoms with Gasteiger partial charge in [-0.3, -0.25) is 0 Å². The molecule has 5 rings (SSSR count). The molecule has 1 saturated heterocycles. The molecule has 3 aromatic carbocycles. The predicted molar refractivity (Wildman–Crippen MR) is 168 cm³/mol. The highest BCUT2D eigenvalue weighted by Crippen LogP contribution is 2.41. The van der Waals surface area contributed by atoms with Crippen molar-refractivity contribution in [3.8, 4) is 17.2 Å². The number of piperidine rings is 1. The molecule has 9 heteroatoms. The second-order valence-electron chi connectivity index (χ2n) is 12.1. The number of methoxy groups -OCH3 is 1. The van der Waals surface area contributed by atoms with E-state index in [1.165, 1.54) is 0 Å². The van der Waals surface area contributed by atoms with Crippen LogP contribution < -0.4 is 14.2 Å². The molecule has 1 fully saturated rings. The van der Waals surface area contributed by atoms with Crippen molar-refractivity contribution in [2.45, 2.75) is 62.6 Å². The van der Waals surface area contributed by atoms with Gasteiger partial charge < -0.3 is 24.2 Å². The Hall–Kier alpha value is -3.37. The van der Waals surface area contributed by atoms with Gasteiger partial charge in [-0.25, -0.2) is 8.42 Å². The number of aliphatic hydroxyl groups excluding tert-OH is 1. The van der Waals surface area contributed by atoms with Gasteiger partial charge in [0.05, 0.1) is 24.9 Å². The molecule has 1 atom stereocenters. The largest absolute Gasteiger partial charge is 0.497 e. The molecule has 8 nitrogen and oxygen atoms in total. The zero-order chi connectivity index (χ0) is 30.6. The highest BCUT2D eigenvalue weighted by Gasteiger charge is 2.40. The summed E-state index contributed by atoms with van der Waals surface area (Å²) in [4.78, 5) is 2.73. The SMILES string of the molecule is COc1ccc(C2=COc3cc(OCCCN4CCC(N(C(C)(C)C)S(=O)(=O)c5ccccc5)CC4)ccc3C2O)cc1. The fourth-order valence-corrected chi connectivity index (χ4v) is 8.02. The molecule has 3 aromatic rings. The molecule has 230 valence electrons. The number of ether oxygens (including phenoxy) is 3. The normalized spacial score (nSPS) is 18.1. The Morgan fingerprint density at radius 2 is 1.65 bits per heavy atom. The van der Waals surface area contributed by atoms with Crippen molar-refractivity contribution >= 4 is 15.6 Å². The van der Waals surface area contributed by atoms with Gasteiger partial charge in [-0.15, -0.1) is 0 Å². The molecule has 0 spiro atoms. The first kappa shape index (κ1) is 31.1. The lowest BCUT2D eigenvalue weighted by atomic mass is 9.94. The molecule has 2 heterocycles. The monoisotopic (exact) mass is 606 g/mol. The lowest BCUT2D eigenvalue weighted by molar-refractivity contribution is 0.108. The van der Waals surface area contributed by atoms with Crippen LogP contribution in [-0.2, 0) is 10.0 Å². The number of hydrogen-bond donors (Lipinski definition) is 1. The van der Waals surface area contributed by atoms with E-state index in [1.54, 1.807) is 41.9 Å². The van der Waals surface area contributed by atoms with Crippen LogP contribution in [0, 0.1) is 0 Å². The maximum atomic E-state index is 13.6. The number of sulfonamides is 1. The Morgan fingerprint density at radius 3 is 2.30 bits per heavy atom. The zero-order valence-electron chi connectivity index (χ0n) is 25.4. The van der Waals surface area contributed by atoms with Gasteiger partial charge in [0.15, 0.2) is 0 Å². The highest BCUT2D eigenvalue weighted by molar-refractivity contribution is 7.89. The Labute approximate surface area is 255 Å². The summed E-state index contributed by atoms with van der Waals surface area (Å²) in [6.45, 7) is 9.02. The van der Waals surface area contributed by atoms with E-state index < -0.39 is 21.7 Å². The van der Waals surface area contributed by atoms with Crippen LogP contribution in [0.5, 0.6) is 17.2 Å². The first-order chi connectivity index (χ1) is 20.6. The van der Waals surface area contributed by atoms with Crippen LogP contribution in [0.4, 0.5) is 0 Å². The third kappa shape index (κ3) is 7.07. The summed E-state index contributed by atoms with van der Waals surface area (Å²) in [6.07, 6.45) is 3.22. The highest BCUT2D eigenvalue weighted by atomic mass is 32.2. The Morgan fingerprint density at radius 1 is 0.977 bits per heavy atom. The van der Waals surface area contributed by atoms with Gasteiger partial charge in [-0.05, 0) is 95.1 Å². The quantitative estimate of drug-likeness (QED) is 0.288. The number of likely N-dealkylation sites (tertiary alicyclic amines) is 1. The molecule has 0 amide bonds. The molecule has 2 aliphatic rings. The molecule has 2 aliphatic heterocycles. The van der Waals surface area contributed by atoms with Gasteiger partial charge in [0.2, 0.25) is 10.0 Å². The van der Waals surface area contributed by atoms with Gasteiger partial charge in [0, 0.05) is 35.3 Å². The van der Waals surface area contributed by atoms with Crippen LogP contribution in [0.25, 0.3) is 5.57 Å². The number of benzene rings is 3. The maximum Gasteiger partial charge on any atom is 0.243 e.